The van der Waals surface area contributed by atoms with Gasteiger partial charge in [0.15, 0.2) is 0 Å². The smallest absolute Gasteiger partial charge is 0.322 e. The molecule has 0 unspecified atom stereocenters. The van der Waals surface area contributed by atoms with Crippen LogP contribution in [0.4, 0.5) is 0 Å². The summed E-state index contributed by atoms with van der Waals surface area (Å²) < 4.78 is 28.5. The van der Waals surface area contributed by atoms with Gasteiger partial charge < -0.3 is 5.11 Å². The summed E-state index contributed by atoms with van der Waals surface area (Å²) in [6.45, 7) is 1.00. The van der Waals surface area contributed by atoms with Gasteiger partial charge in [-0.05, 0) is 35.8 Å². The minimum Gasteiger partial charge on any atom is -0.480 e. The van der Waals surface area contributed by atoms with Crippen molar-refractivity contribution in [3.8, 4) is 0 Å². The van der Waals surface area contributed by atoms with Crippen molar-refractivity contribution < 1.29 is 18.3 Å². The molecule has 0 radical (unpaired) electrons. The summed E-state index contributed by atoms with van der Waals surface area (Å²) in [5.74, 6) is -1.04. The van der Waals surface area contributed by atoms with Gasteiger partial charge >= 0.3 is 5.97 Å². The van der Waals surface area contributed by atoms with Gasteiger partial charge in [-0.3, -0.25) is 4.79 Å². The summed E-state index contributed by atoms with van der Waals surface area (Å²) in [4.78, 5) is 11.5. The zero-order valence-corrected chi connectivity index (χ0v) is 12.9. The normalized spacial score (nSPS) is 27.2. The van der Waals surface area contributed by atoms with Crippen LogP contribution in [0.15, 0.2) is 24.3 Å². The van der Waals surface area contributed by atoms with Gasteiger partial charge in [-0.15, -0.1) is 0 Å². The van der Waals surface area contributed by atoms with Crippen LogP contribution in [0.3, 0.4) is 0 Å². The number of nitrogens with zero attached hydrogens (tertiary/aromatic N) is 2. The van der Waals surface area contributed by atoms with Crippen LogP contribution in [0, 0.1) is 5.41 Å². The van der Waals surface area contributed by atoms with E-state index in [1.165, 1.54) is 8.61 Å². The van der Waals surface area contributed by atoms with E-state index >= 15 is 0 Å². The Morgan fingerprint density at radius 1 is 1.18 bits per heavy atom. The summed E-state index contributed by atoms with van der Waals surface area (Å²) >= 11 is 0. The van der Waals surface area contributed by atoms with E-state index in [0.29, 0.717) is 26.1 Å². The zero-order valence-electron chi connectivity index (χ0n) is 12.1. The number of hydrogen-bond acceptors (Lipinski definition) is 3. The summed E-state index contributed by atoms with van der Waals surface area (Å²) in [6, 6.07) is 6.71. The third kappa shape index (κ3) is 2.07. The van der Waals surface area contributed by atoms with E-state index in [1.54, 1.807) is 0 Å². The molecule has 2 fully saturated rings. The molecule has 0 aromatic heterocycles. The number of hydrogen-bond donors (Lipinski definition) is 1. The third-order valence-corrected chi connectivity index (χ3v) is 7.03. The number of carboxylic acids is 1. The van der Waals surface area contributed by atoms with Crippen molar-refractivity contribution in [2.75, 3.05) is 6.54 Å². The quantitative estimate of drug-likeness (QED) is 0.906. The number of rotatable bonds is 3. The maximum absolute atomic E-state index is 12.9. The molecule has 22 heavy (non-hydrogen) atoms. The highest BCUT2D eigenvalue weighted by Crippen LogP contribution is 2.55. The third-order valence-electron chi connectivity index (χ3n) is 5.14. The number of carboxylic acid groups (broad SMARTS) is 1. The van der Waals surface area contributed by atoms with Gasteiger partial charge in [0.2, 0.25) is 0 Å². The molecule has 1 N–H and O–H groups in total. The first-order valence-electron chi connectivity index (χ1n) is 7.48. The molecule has 1 saturated carbocycles. The molecule has 3 aliphatic rings. The van der Waals surface area contributed by atoms with Gasteiger partial charge in [0.05, 0.1) is 0 Å². The second-order valence-electron chi connectivity index (χ2n) is 6.65. The maximum atomic E-state index is 12.9. The number of aliphatic carboxylic acids is 1. The van der Waals surface area contributed by atoms with E-state index in [-0.39, 0.29) is 5.41 Å². The summed E-state index contributed by atoms with van der Waals surface area (Å²) in [6.07, 6.45) is 2.31. The lowest BCUT2D eigenvalue weighted by atomic mass is 10.0. The molecule has 6 nitrogen and oxygen atoms in total. The molecule has 1 aromatic carbocycles. The van der Waals surface area contributed by atoms with Gasteiger partial charge in [0.25, 0.3) is 10.2 Å². The zero-order chi connectivity index (χ0) is 15.5. The van der Waals surface area contributed by atoms with E-state index in [0.717, 1.165) is 24.0 Å². The van der Waals surface area contributed by atoms with Crippen LogP contribution in [0.2, 0.25) is 0 Å². The first kappa shape index (κ1) is 14.2. The highest BCUT2D eigenvalue weighted by molar-refractivity contribution is 7.86. The lowest BCUT2D eigenvalue weighted by molar-refractivity contribution is -0.140. The van der Waals surface area contributed by atoms with E-state index in [9.17, 15) is 18.3 Å². The largest absolute Gasteiger partial charge is 0.480 e. The van der Waals surface area contributed by atoms with E-state index < -0.39 is 22.2 Å². The Balaban J connectivity index is 1.63. The van der Waals surface area contributed by atoms with E-state index in [2.05, 4.69) is 0 Å². The van der Waals surface area contributed by atoms with Crippen molar-refractivity contribution in [2.24, 2.45) is 5.41 Å². The molecular formula is C15H18N2O4S. The topological polar surface area (TPSA) is 77.9 Å². The Labute approximate surface area is 129 Å². The molecule has 7 heteroatoms. The van der Waals surface area contributed by atoms with Crippen LogP contribution in [0.5, 0.6) is 0 Å². The van der Waals surface area contributed by atoms with Crippen molar-refractivity contribution in [2.45, 2.75) is 38.4 Å². The molecule has 4 rings (SSSR count). The van der Waals surface area contributed by atoms with Crippen LogP contribution in [0.25, 0.3) is 0 Å². The molecule has 0 amide bonds. The second-order valence-corrected chi connectivity index (χ2v) is 8.53. The van der Waals surface area contributed by atoms with Crippen molar-refractivity contribution in [1.82, 2.24) is 8.61 Å². The molecule has 1 aromatic rings. The minimum atomic E-state index is -3.75. The first-order chi connectivity index (χ1) is 10.4. The molecule has 1 saturated heterocycles. The Kier molecular flexibility index (Phi) is 2.92. The highest BCUT2D eigenvalue weighted by atomic mass is 32.2. The number of fused-ring (bicyclic) bond motifs is 1. The van der Waals surface area contributed by atoms with Gasteiger partial charge in [0.1, 0.15) is 6.04 Å². The summed E-state index contributed by atoms with van der Waals surface area (Å²) in [5.41, 5.74) is 1.92. The van der Waals surface area contributed by atoms with Gasteiger partial charge in [-0.2, -0.15) is 17.0 Å². The van der Waals surface area contributed by atoms with Gasteiger partial charge in [-0.25, -0.2) is 0 Å². The summed E-state index contributed by atoms with van der Waals surface area (Å²) in [5, 5.41) is 9.40. The molecule has 0 bridgehead atoms. The fraction of sp³-hybridized carbons (Fsp3) is 0.533. The number of carbonyl (C=O) groups is 1. The molecule has 1 aliphatic carbocycles. The number of benzene rings is 1. The molecule has 1 spiro atoms. The van der Waals surface area contributed by atoms with Crippen molar-refractivity contribution in [3.05, 3.63) is 35.4 Å². The summed E-state index contributed by atoms with van der Waals surface area (Å²) in [7, 11) is -3.75. The maximum Gasteiger partial charge on any atom is 0.322 e. The van der Waals surface area contributed by atoms with Crippen LogP contribution in [-0.4, -0.2) is 40.7 Å². The Bertz CT molecular complexity index is 717. The van der Waals surface area contributed by atoms with Gasteiger partial charge in [0, 0.05) is 19.6 Å². The standard InChI is InChI=1S/C15H18N2O4S/c18-14(19)13-7-15(5-6-15)10-17(13)22(20,21)16-8-11-3-1-2-4-12(11)9-16/h1-4,13H,5-10H2,(H,18,19)/t13-/m0/s1. The predicted octanol–water partition coefficient (Wildman–Crippen LogP) is 1.19. The average Bonchev–Trinajstić information content (AvgIpc) is 2.93. The van der Waals surface area contributed by atoms with Gasteiger partial charge in [-0.1, -0.05) is 24.3 Å². The fourth-order valence-electron chi connectivity index (χ4n) is 3.62. The highest BCUT2D eigenvalue weighted by Gasteiger charge is 2.58. The van der Waals surface area contributed by atoms with E-state index in [1.807, 2.05) is 24.3 Å². The predicted molar refractivity (Wildman–Crippen MR) is 79.0 cm³/mol. The molecule has 2 heterocycles. The molecular weight excluding hydrogens is 304 g/mol. The lowest BCUT2D eigenvalue weighted by Gasteiger charge is -2.26. The van der Waals surface area contributed by atoms with Crippen LogP contribution < -0.4 is 0 Å². The first-order valence-corrected chi connectivity index (χ1v) is 8.88. The minimum absolute atomic E-state index is 0.0807. The van der Waals surface area contributed by atoms with Crippen LogP contribution in [0.1, 0.15) is 30.4 Å². The Morgan fingerprint density at radius 3 is 2.27 bits per heavy atom. The molecule has 1 atom stereocenters. The lowest BCUT2D eigenvalue weighted by Crippen LogP contribution is -2.46. The Hall–Kier alpha value is -1.44. The molecule has 118 valence electrons. The second kappa shape index (κ2) is 4.53. The fourth-order valence-corrected chi connectivity index (χ4v) is 5.45. The average molecular weight is 322 g/mol. The Morgan fingerprint density at radius 2 is 1.77 bits per heavy atom. The van der Waals surface area contributed by atoms with E-state index in [4.69, 9.17) is 0 Å². The van der Waals surface area contributed by atoms with Crippen LogP contribution >= 0.6 is 0 Å². The SMILES string of the molecule is O=C(O)[C@@H]1CC2(CC2)CN1S(=O)(=O)N1Cc2ccccc2C1. The molecule has 2 aliphatic heterocycles. The van der Waals surface area contributed by atoms with Crippen molar-refractivity contribution >= 4 is 16.2 Å². The van der Waals surface area contributed by atoms with Crippen molar-refractivity contribution in [1.29, 1.82) is 0 Å². The van der Waals surface area contributed by atoms with Crippen LogP contribution in [-0.2, 0) is 28.1 Å². The van der Waals surface area contributed by atoms with Crippen molar-refractivity contribution in [3.63, 3.8) is 0 Å². The monoisotopic (exact) mass is 322 g/mol.